The molecule has 98 valence electrons. The van der Waals surface area contributed by atoms with Crippen LogP contribution in [0.5, 0.6) is 0 Å². The molecule has 1 fully saturated rings. The van der Waals surface area contributed by atoms with Crippen molar-refractivity contribution in [2.45, 2.75) is 6.92 Å². The monoisotopic (exact) mass is 330 g/mol. The normalized spacial score (nSPS) is 16.9. The van der Waals surface area contributed by atoms with E-state index in [0.717, 1.165) is 34.8 Å². The first kappa shape index (κ1) is 13.7. The summed E-state index contributed by atoms with van der Waals surface area (Å²) in [5.41, 5.74) is 0. The topological polar surface area (TPSA) is 40.6 Å². The summed E-state index contributed by atoms with van der Waals surface area (Å²) in [5, 5.41) is 0. The van der Waals surface area contributed by atoms with Gasteiger partial charge in [-0.3, -0.25) is 14.5 Å². The van der Waals surface area contributed by atoms with E-state index in [1.165, 1.54) is 11.3 Å². The van der Waals surface area contributed by atoms with Crippen molar-refractivity contribution in [3.05, 3.63) is 20.8 Å². The Hall–Kier alpha value is -0.720. The Morgan fingerprint density at radius 2 is 1.94 bits per heavy atom. The summed E-state index contributed by atoms with van der Waals surface area (Å²) in [7, 11) is 0. The first-order valence-electron chi connectivity index (χ1n) is 5.82. The van der Waals surface area contributed by atoms with Crippen molar-refractivity contribution in [3.8, 4) is 0 Å². The number of halogens is 1. The number of carbonyl (C=O) groups is 2. The minimum Gasteiger partial charge on any atom is -0.340 e. The molecular formula is C12H15BrN2O2S. The van der Waals surface area contributed by atoms with Gasteiger partial charge in [0.05, 0.1) is 15.2 Å². The van der Waals surface area contributed by atoms with Crippen LogP contribution in [0.2, 0.25) is 0 Å². The van der Waals surface area contributed by atoms with E-state index in [9.17, 15) is 9.59 Å². The van der Waals surface area contributed by atoms with Gasteiger partial charge in [0.15, 0.2) is 5.78 Å². The van der Waals surface area contributed by atoms with Gasteiger partial charge in [-0.15, -0.1) is 11.3 Å². The second-order valence-electron chi connectivity index (χ2n) is 4.31. The number of ketones is 1. The molecule has 1 aliphatic heterocycles. The van der Waals surface area contributed by atoms with Gasteiger partial charge in [-0.2, -0.15) is 0 Å². The lowest BCUT2D eigenvalue weighted by Gasteiger charge is -2.33. The van der Waals surface area contributed by atoms with Crippen molar-refractivity contribution in [3.63, 3.8) is 0 Å². The summed E-state index contributed by atoms with van der Waals surface area (Å²) in [6, 6.07) is 3.74. The largest absolute Gasteiger partial charge is 0.340 e. The predicted molar refractivity (Wildman–Crippen MR) is 75.0 cm³/mol. The molecular weight excluding hydrogens is 316 g/mol. The lowest BCUT2D eigenvalue weighted by molar-refractivity contribution is -0.130. The molecule has 2 rings (SSSR count). The van der Waals surface area contributed by atoms with Crippen molar-refractivity contribution in [2.24, 2.45) is 0 Å². The number of rotatable bonds is 3. The Kier molecular flexibility index (Phi) is 4.53. The maximum Gasteiger partial charge on any atom is 0.219 e. The molecule has 1 aromatic rings. The van der Waals surface area contributed by atoms with Gasteiger partial charge < -0.3 is 4.90 Å². The van der Waals surface area contributed by atoms with E-state index >= 15 is 0 Å². The Labute approximate surface area is 119 Å². The Morgan fingerprint density at radius 1 is 1.28 bits per heavy atom. The number of thiophene rings is 1. The second-order valence-corrected chi connectivity index (χ2v) is 6.77. The number of nitrogens with zero attached hydrogens (tertiary/aromatic N) is 2. The van der Waals surface area contributed by atoms with Crippen LogP contribution < -0.4 is 0 Å². The van der Waals surface area contributed by atoms with Crippen molar-refractivity contribution in [1.82, 2.24) is 9.80 Å². The summed E-state index contributed by atoms with van der Waals surface area (Å²) in [4.78, 5) is 27.9. The van der Waals surface area contributed by atoms with E-state index in [4.69, 9.17) is 0 Å². The third-order valence-corrected chi connectivity index (χ3v) is 4.70. The molecule has 0 atom stereocenters. The fourth-order valence-electron chi connectivity index (χ4n) is 1.97. The van der Waals surface area contributed by atoms with Crippen LogP contribution in [0, 0.1) is 0 Å². The van der Waals surface area contributed by atoms with Gasteiger partial charge >= 0.3 is 0 Å². The third kappa shape index (κ3) is 3.40. The highest BCUT2D eigenvalue weighted by atomic mass is 79.9. The summed E-state index contributed by atoms with van der Waals surface area (Å²) >= 11 is 4.82. The highest BCUT2D eigenvalue weighted by Crippen LogP contribution is 2.22. The van der Waals surface area contributed by atoms with Crippen molar-refractivity contribution < 1.29 is 9.59 Å². The molecule has 0 aromatic carbocycles. The molecule has 1 saturated heterocycles. The van der Waals surface area contributed by atoms with Crippen LogP contribution in [-0.2, 0) is 4.79 Å². The molecule has 0 saturated carbocycles. The first-order valence-corrected chi connectivity index (χ1v) is 7.43. The molecule has 0 unspecified atom stereocenters. The molecule has 0 N–H and O–H groups in total. The number of hydrogen-bond donors (Lipinski definition) is 0. The van der Waals surface area contributed by atoms with Crippen LogP contribution in [0.25, 0.3) is 0 Å². The molecule has 0 radical (unpaired) electrons. The van der Waals surface area contributed by atoms with E-state index in [1.54, 1.807) is 6.92 Å². The highest BCUT2D eigenvalue weighted by molar-refractivity contribution is 9.11. The number of amides is 1. The maximum atomic E-state index is 12.0. The summed E-state index contributed by atoms with van der Waals surface area (Å²) in [6.45, 7) is 5.02. The fraction of sp³-hybridized carbons (Fsp3) is 0.500. The van der Waals surface area contributed by atoms with Gasteiger partial charge in [-0.05, 0) is 28.1 Å². The summed E-state index contributed by atoms with van der Waals surface area (Å²) < 4.78 is 0.979. The lowest BCUT2D eigenvalue weighted by Crippen LogP contribution is -2.49. The molecule has 1 aromatic heterocycles. The molecule has 4 nitrogen and oxygen atoms in total. The zero-order chi connectivity index (χ0) is 13.1. The van der Waals surface area contributed by atoms with Crippen LogP contribution in [0.15, 0.2) is 15.9 Å². The van der Waals surface area contributed by atoms with Gasteiger partial charge in [0, 0.05) is 33.1 Å². The van der Waals surface area contributed by atoms with Gasteiger partial charge in [0.1, 0.15) is 0 Å². The molecule has 2 heterocycles. The minimum absolute atomic E-state index is 0.114. The molecule has 0 aliphatic carbocycles. The van der Waals surface area contributed by atoms with Gasteiger partial charge in [0.2, 0.25) is 5.91 Å². The SMILES string of the molecule is CC(=O)N1CCN(CC(=O)c2ccc(Br)s2)CC1. The van der Waals surface area contributed by atoms with E-state index < -0.39 is 0 Å². The Morgan fingerprint density at radius 3 is 2.44 bits per heavy atom. The van der Waals surface area contributed by atoms with Crippen molar-refractivity contribution in [1.29, 1.82) is 0 Å². The number of hydrogen-bond acceptors (Lipinski definition) is 4. The van der Waals surface area contributed by atoms with E-state index in [2.05, 4.69) is 20.8 Å². The van der Waals surface area contributed by atoms with Crippen LogP contribution in [0.1, 0.15) is 16.6 Å². The molecule has 1 amide bonds. The predicted octanol–water partition coefficient (Wildman–Crippen LogP) is 1.86. The average molecular weight is 331 g/mol. The van der Waals surface area contributed by atoms with Crippen molar-refractivity contribution in [2.75, 3.05) is 32.7 Å². The van der Waals surface area contributed by atoms with Crippen LogP contribution >= 0.6 is 27.3 Å². The van der Waals surface area contributed by atoms with Gasteiger partial charge in [0.25, 0.3) is 0 Å². The standard InChI is InChI=1S/C12H15BrN2O2S/c1-9(16)15-6-4-14(5-7-15)8-10(17)11-2-3-12(13)18-11/h2-3H,4-8H2,1H3. The first-order chi connectivity index (χ1) is 8.56. The lowest BCUT2D eigenvalue weighted by atomic mass is 10.2. The van der Waals surface area contributed by atoms with E-state index in [1.807, 2.05) is 17.0 Å². The van der Waals surface area contributed by atoms with E-state index in [0.29, 0.717) is 6.54 Å². The average Bonchev–Trinajstić information content (AvgIpc) is 2.76. The van der Waals surface area contributed by atoms with Crippen LogP contribution in [-0.4, -0.2) is 54.2 Å². The fourth-order valence-corrected chi connectivity index (χ4v) is 3.28. The minimum atomic E-state index is 0.114. The van der Waals surface area contributed by atoms with Gasteiger partial charge in [-0.1, -0.05) is 0 Å². The Bertz CT molecular complexity index is 453. The van der Waals surface area contributed by atoms with Crippen LogP contribution in [0.3, 0.4) is 0 Å². The number of carbonyl (C=O) groups excluding carboxylic acids is 2. The highest BCUT2D eigenvalue weighted by Gasteiger charge is 2.21. The van der Waals surface area contributed by atoms with E-state index in [-0.39, 0.29) is 11.7 Å². The molecule has 1 aliphatic rings. The zero-order valence-corrected chi connectivity index (χ0v) is 12.6. The molecule has 18 heavy (non-hydrogen) atoms. The maximum absolute atomic E-state index is 12.0. The zero-order valence-electron chi connectivity index (χ0n) is 10.2. The number of piperazine rings is 1. The molecule has 0 bridgehead atoms. The quantitative estimate of drug-likeness (QED) is 0.794. The second kappa shape index (κ2) is 5.95. The van der Waals surface area contributed by atoms with Crippen molar-refractivity contribution >= 4 is 39.0 Å². The Balaban J connectivity index is 1.85. The summed E-state index contributed by atoms with van der Waals surface area (Å²) in [6.07, 6.45) is 0. The molecule has 6 heteroatoms. The van der Waals surface area contributed by atoms with Gasteiger partial charge in [-0.25, -0.2) is 0 Å². The summed E-state index contributed by atoms with van der Waals surface area (Å²) in [5.74, 6) is 0.269. The molecule has 0 spiro atoms. The third-order valence-electron chi connectivity index (χ3n) is 3.03. The smallest absolute Gasteiger partial charge is 0.219 e. The van der Waals surface area contributed by atoms with Crippen LogP contribution in [0.4, 0.5) is 0 Å². The number of Topliss-reactive ketones (excluding diaryl/α,β-unsaturated/α-hetero) is 1.